The number of sulfonamides is 1. The van der Waals surface area contributed by atoms with E-state index in [-0.39, 0.29) is 16.6 Å². The second-order valence-electron chi connectivity index (χ2n) is 4.79. The van der Waals surface area contributed by atoms with Crippen LogP contribution in [0.25, 0.3) is 0 Å². The molecule has 1 atom stereocenters. The molecule has 1 fully saturated rings. The van der Waals surface area contributed by atoms with Crippen molar-refractivity contribution in [2.75, 3.05) is 10.5 Å². The molecule has 0 aromatic carbocycles. The van der Waals surface area contributed by atoms with E-state index in [2.05, 4.69) is 9.71 Å². The monoisotopic (exact) mass is 346 g/mol. The van der Waals surface area contributed by atoms with Crippen LogP contribution in [0.3, 0.4) is 0 Å². The molecule has 19 heavy (non-hydrogen) atoms. The number of hydrogen-bond donors (Lipinski definition) is 1. The summed E-state index contributed by atoms with van der Waals surface area (Å²) in [6.07, 6.45) is 1.25. The zero-order valence-electron chi connectivity index (χ0n) is 9.75. The number of hydrogen-bond acceptors (Lipinski definition) is 3. The number of aromatic nitrogens is 1. The fourth-order valence-corrected chi connectivity index (χ4v) is 4.55. The van der Waals surface area contributed by atoms with Crippen molar-refractivity contribution in [2.45, 2.75) is 17.7 Å². The highest BCUT2D eigenvalue weighted by Crippen LogP contribution is 2.64. The van der Waals surface area contributed by atoms with E-state index < -0.39 is 25.6 Å². The third kappa shape index (κ3) is 3.24. The fourth-order valence-electron chi connectivity index (χ4n) is 1.69. The minimum Gasteiger partial charge on any atom is -0.266 e. The van der Waals surface area contributed by atoms with Crippen molar-refractivity contribution in [3.8, 4) is 0 Å². The van der Waals surface area contributed by atoms with Crippen LogP contribution in [-0.2, 0) is 10.0 Å². The van der Waals surface area contributed by atoms with Gasteiger partial charge in [-0.3, -0.25) is 4.72 Å². The first-order valence-corrected chi connectivity index (χ1v) is 8.03. The number of halogens is 4. The van der Waals surface area contributed by atoms with Gasteiger partial charge in [0.15, 0.2) is 5.82 Å². The number of alkyl halides is 2. The van der Waals surface area contributed by atoms with Crippen molar-refractivity contribution in [3.05, 3.63) is 23.1 Å². The highest BCUT2D eigenvalue weighted by molar-refractivity contribution is 7.92. The maximum absolute atomic E-state index is 12.8. The van der Waals surface area contributed by atoms with Gasteiger partial charge in [-0.05, 0) is 12.5 Å². The summed E-state index contributed by atoms with van der Waals surface area (Å²) in [6, 6.07) is 0.971. The summed E-state index contributed by atoms with van der Waals surface area (Å²) < 4.78 is 37.9. The average molecular weight is 348 g/mol. The molecule has 4 nitrogen and oxygen atoms in total. The zero-order valence-corrected chi connectivity index (χ0v) is 12.8. The van der Waals surface area contributed by atoms with Gasteiger partial charge in [-0.15, -0.1) is 23.2 Å². The maximum Gasteiger partial charge on any atom is 0.234 e. The average Bonchev–Trinajstić information content (AvgIpc) is 2.68. The summed E-state index contributed by atoms with van der Waals surface area (Å²) in [5, 5.41) is -0.118. The summed E-state index contributed by atoms with van der Waals surface area (Å²) in [4.78, 5) is 3.59. The Labute approximate surface area is 125 Å². The summed E-state index contributed by atoms with van der Waals surface area (Å²) in [5.41, 5.74) is -0.714. The topological polar surface area (TPSA) is 59.1 Å². The Morgan fingerprint density at radius 2 is 2.11 bits per heavy atom. The molecule has 2 rings (SSSR count). The van der Waals surface area contributed by atoms with Gasteiger partial charge in [0.05, 0.1) is 17.0 Å². The quantitative estimate of drug-likeness (QED) is 0.851. The number of pyridine rings is 1. The molecule has 1 aliphatic rings. The molecule has 1 unspecified atom stereocenters. The minimum absolute atomic E-state index is 0.118. The van der Waals surface area contributed by atoms with E-state index >= 15 is 0 Å². The van der Waals surface area contributed by atoms with Crippen molar-refractivity contribution in [1.29, 1.82) is 0 Å². The molecule has 0 radical (unpaired) electrons. The van der Waals surface area contributed by atoms with Gasteiger partial charge in [0.25, 0.3) is 0 Å². The number of rotatable bonds is 4. The molecule has 0 amide bonds. The van der Waals surface area contributed by atoms with Crippen molar-refractivity contribution < 1.29 is 12.8 Å². The summed E-state index contributed by atoms with van der Waals surface area (Å²) >= 11 is 17.5. The molecule has 0 spiro atoms. The van der Waals surface area contributed by atoms with Crippen LogP contribution in [0, 0.1) is 11.2 Å². The summed E-state index contributed by atoms with van der Waals surface area (Å²) in [6.45, 7) is 1.67. The lowest BCUT2D eigenvalue weighted by molar-refractivity contribution is 0.569. The Morgan fingerprint density at radius 1 is 1.53 bits per heavy atom. The van der Waals surface area contributed by atoms with Crippen LogP contribution in [-0.4, -0.2) is 23.5 Å². The number of anilines is 1. The van der Waals surface area contributed by atoms with E-state index in [9.17, 15) is 12.8 Å². The molecular weight excluding hydrogens is 338 g/mol. The highest BCUT2D eigenvalue weighted by Gasteiger charge is 2.64. The van der Waals surface area contributed by atoms with Gasteiger partial charge < -0.3 is 0 Å². The Bertz CT molecular complexity index is 623. The third-order valence-electron chi connectivity index (χ3n) is 2.94. The van der Waals surface area contributed by atoms with Crippen LogP contribution in [0.2, 0.25) is 5.02 Å². The van der Waals surface area contributed by atoms with Gasteiger partial charge in [-0.25, -0.2) is 17.8 Å². The third-order valence-corrected chi connectivity index (χ3v) is 5.93. The molecule has 0 aliphatic heterocycles. The van der Waals surface area contributed by atoms with E-state index in [1.54, 1.807) is 6.92 Å². The second kappa shape index (κ2) is 4.62. The minimum atomic E-state index is -3.72. The summed E-state index contributed by atoms with van der Waals surface area (Å²) in [7, 11) is -3.72. The molecule has 1 aliphatic carbocycles. The number of nitrogens with one attached hydrogen (secondary N) is 1. The number of nitrogens with zero attached hydrogens (tertiary/aromatic N) is 1. The van der Waals surface area contributed by atoms with E-state index in [4.69, 9.17) is 34.8 Å². The van der Waals surface area contributed by atoms with Gasteiger partial charge >= 0.3 is 0 Å². The first kappa shape index (κ1) is 15.1. The van der Waals surface area contributed by atoms with E-state index in [1.165, 1.54) is 0 Å². The van der Waals surface area contributed by atoms with Gasteiger partial charge in [0.2, 0.25) is 10.0 Å². The van der Waals surface area contributed by atoms with Crippen molar-refractivity contribution in [1.82, 2.24) is 4.98 Å². The SMILES string of the molecule is CC1(CS(=O)(=O)Nc2ncc(F)cc2Cl)CC1(Cl)Cl. The first-order valence-electron chi connectivity index (χ1n) is 5.24. The lowest BCUT2D eigenvalue weighted by atomic mass is 10.2. The molecule has 1 saturated carbocycles. The van der Waals surface area contributed by atoms with Gasteiger partial charge in [0.1, 0.15) is 10.2 Å². The van der Waals surface area contributed by atoms with Gasteiger partial charge in [-0.1, -0.05) is 18.5 Å². The molecule has 1 aromatic rings. The van der Waals surface area contributed by atoms with E-state index in [0.29, 0.717) is 6.42 Å². The Kier molecular flexibility index (Phi) is 3.67. The molecule has 106 valence electrons. The first-order chi connectivity index (χ1) is 8.55. The molecule has 1 N–H and O–H groups in total. The van der Waals surface area contributed by atoms with Crippen LogP contribution < -0.4 is 4.72 Å². The largest absolute Gasteiger partial charge is 0.266 e. The van der Waals surface area contributed by atoms with Crippen LogP contribution in [0.1, 0.15) is 13.3 Å². The summed E-state index contributed by atoms with van der Waals surface area (Å²) in [5.74, 6) is -1.03. The standard InChI is InChI=1S/C10H10Cl3FN2O2S/c1-9(4-10(9,12)13)5-19(17,18)16-8-7(11)2-6(14)3-15-8/h2-3H,4-5H2,1H3,(H,15,16). The predicted octanol–water partition coefficient (Wildman–Crippen LogP) is 3.20. The molecule has 0 bridgehead atoms. The molecule has 1 heterocycles. The maximum atomic E-state index is 12.8. The Morgan fingerprint density at radius 3 is 2.58 bits per heavy atom. The van der Waals surface area contributed by atoms with Gasteiger partial charge in [-0.2, -0.15) is 0 Å². The lowest BCUT2D eigenvalue weighted by Crippen LogP contribution is -2.25. The van der Waals surface area contributed by atoms with Crippen molar-refractivity contribution >= 4 is 50.6 Å². The zero-order chi connectivity index (χ0) is 14.5. The van der Waals surface area contributed by atoms with Crippen LogP contribution in [0.15, 0.2) is 12.3 Å². The fraction of sp³-hybridized carbons (Fsp3) is 0.500. The van der Waals surface area contributed by atoms with E-state index in [0.717, 1.165) is 12.3 Å². The Hall–Kier alpha value is -0.300. The molecule has 1 aromatic heterocycles. The predicted molar refractivity (Wildman–Crippen MR) is 73.8 cm³/mol. The van der Waals surface area contributed by atoms with Crippen LogP contribution in [0.4, 0.5) is 10.2 Å². The Balaban J connectivity index is 2.14. The van der Waals surface area contributed by atoms with Crippen LogP contribution >= 0.6 is 34.8 Å². The van der Waals surface area contributed by atoms with Crippen LogP contribution in [0.5, 0.6) is 0 Å². The molecule has 9 heteroatoms. The highest BCUT2D eigenvalue weighted by atomic mass is 35.5. The normalized spacial score (nSPS) is 25.1. The second-order valence-corrected chi connectivity index (χ2v) is 8.40. The van der Waals surface area contributed by atoms with E-state index in [1.807, 2.05) is 0 Å². The molecular formula is C10H10Cl3FN2O2S. The van der Waals surface area contributed by atoms with Crippen molar-refractivity contribution in [3.63, 3.8) is 0 Å². The lowest BCUT2D eigenvalue weighted by Gasteiger charge is -2.14. The van der Waals surface area contributed by atoms with Crippen molar-refractivity contribution in [2.24, 2.45) is 5.41 Å². The van der Waals surface area contributed by atoms with Gasteiger partial charge in [0, 0.05) is 5.41 Å². The molecule has 0 saturated heterocycles. The smallest absolute Gasteiger partial charge is 0.234 e.